The van der Waals surface area contributed by atoms with Crippen molar-refractivity contribution in [3.05, 3.63) is 45.2 Å². The molecule has 100 valence electrons. The van der Waals surface area contributed by atoms with Gasteiger partial charge in [-0.15, -0.1) is 11.3 Å². The van der Waals surface area contributed by atoms with E-state index < -0.39 is 4.90 Å². The smallest absolute Gasteiger partial charge is 0.222 e. The molecular weight excluding hydrogens is 286 g/mol. The molecule has 1 aromatic rings. The summed E-state index contributed by atoms with van der Waals surface area (Å²) in [6, 6.07) is 0. The van der Waals surface area contributed by atoms with E-state index in [0.29, 0.717) is 10.5 Å². The average Bonchev–Trinajstić information content (AvgIpc) is 2.79. The molecule has 1 aromatic heterocycles. The van der Waals surface area contributed by atoms with E-state index in [4.69, 9.17) is 5.73 Å². The Balaban J connectivity index is 2.39. The molecule has 2 rings (SSSR count). The molecule has 0 aliphatic heterocycles. The molecule has 0 atom stereocenters. The van der Waals surface area contributed by atoms with Crippen LogP contribution in [0.4, 0.5) is 5.82 Å². The lowest BCUT2D eigenvalue weighted by molar-refractivity contribution is -0.377. The van der Waals surface area contributed by atoms with E-state index in [0.717, 1.165) is 4.34 Å². The molecule has 0 saturated heterocycles. The van der Waals surface area contributed by atoms with E-state index in [2.05, 4.69) is 4.98 Å². The van der Waals surface area contributed by atoms with Crippen molar-refractivity contribution in [2.24, 2.45) is 0 Å². The fourth-order valence-electron chi connectivity index (χ4n) is 1.44. The van der Waals surface area contributed by atoms with Crippen LogP contribution < -0.4 is 5.73 Å². The summed E-state index contributed by atoms with van der Waals surface area (Å²) in [6.07, 6.45) is 7.48. The Morgan fingerprint density at radius 3 is 2.47 bits per heavy atom. The summed E-state index contributed by atoms with van der Waals surface area (Å²) in [7, 11) is 0. The molecule has 1 aliphatic rings. The Labute approximate surface area is 117 Å². The van der Waals surface area contributed by atoms with Gasteiger partial charge in [0.25, 0.3) is 0 Å². The van der Waals surface area contributed by atoms with Gasteiger partial charge in [0.2, 0.25) is 5.71 Å². The molecule has 0 unspecified atom stereocenters. The molecule has 19 heavy (non-hydrogen) atoms. The maximum absolute atomic E-state index is 10.6. The van der Waals surface area contributed by atoms with Gasteiger partial charge in [0.15, 0.2) is 4.34 Å². The molecule has 3 N–H and O–H groups in total. The summed E-state index contributed by atoms with van der Waals surface area (Å²) >= 11 is 2.72. The van der Waals surface area contributed by atoms with Crippen LogP contribution in [0.5, 0.6) is 0 Å². The molecule has 1 aliphatic carbocycles. The first-order chi connectivity index (χ1) is 9.02. The SMILES string of the molecule is CSc1nc(N)c(C(O)=C2C=CC(=[N+]([O-])[O-])C=C2)s1. The number of hydrogen-bond donors (Lipinski definition) is 2. The summed E-state index contributed by atoms with van der Waals surface area (Å²) in [5.74, 6) is 0.232. The van der Waals surface area contributed by atoms with Crippen molar-refractivity contribution >= 4 is 40.4 Å². The van der Waals surface area contributed by atoms with E-state index >= 15 is 0 Å². The molecule has 6 nitrogen and oxygen atoms in total. The number of aliphatic hydroxyl groups is 1. The lowest BCUT2D eigenvalue weighted by Gasteiger charge is -2.09. The topological polar surface area (TPSA) is 108 Å². The first kappa shape index (κ1) is 13.5. The van der Waals surface area contributed by atoms with Crippen LogP contribution in [0.15, 0.2) is 34.2 Å². The highest BCUT2D eigenvalue weighted by Gasteiger charge is 2.15. The van der Waals surface area contributed by atoms with Gasteiger partial charge < -0.3 is 21.3 Å². The van der Waals surface area contributed by atoms with Crippen LogP contribution in [-0.4, -0.2) is 27.0 Å². The van der Waals surface area contributed by atoms with Crippen molar-refractivity contribution in [1.29, 1.82) is 0 Å². The van der Waals surface area contributed by atoms with Gasteiger partial charge >= 0.3 is 0 Å². The first-order valence-corrected chi connectivity index (χ1v) is 7.18. The Hall–Kier alpha value is -1.93. The number of nitrogens with zero attached hydrogens (tertiary/aromatic N) is 2. The third kappa shape index (κ3) is 2.74. The average molecular weight is 296 g/mol. The van der Waals surface area contributed by atoms with Crippen molar-refractivity contribution < 1.29 is 10.0 Å². The molecule has 0 fully saturated rings. The second kappa shape index (κ2) is 5.37. The van der Waals surface area contributed by atoms with Gasteiger partial charge in [-0.3, -0.25) is 0 Å². The van der Waals surface area contributed by atoms with Gasteiger partial charge in [0.1, 0.15) is 16.5 Å². The van der Waals surface area contributed by atoms with Gasteiger partial charge in [0.05, 0.1) is 0 Å². The molecule has 0 amide bonds. The Morgan fingerprint density at radius 1 is 1.37 bits per heavy atom. The van der Waals surface area contributed by atoms with Crippen molar-refractivity contribution in [1.82, 2.24) is 4.98 Å². The van der Waals surface area contributed by atoms with Gasteiger partial charge in [-0.25, -0.2) is 4.98 Å². The van der Waals surface area contributed by atoms with Crippen LogP contribution in [0.2, 0.25) is 0 Å². The standard InChI is InChI=1S/C11H10N3O3S2/c1-18-11-13-10(12)9(19-11)8(15)6-2-4-7(5-3-6)14(16)17/h2-5H,12H2,1H3,(H-,15,16,17)/q-1. The Morgan fingerprint density at radius 2 is 2.00 bits per heavy atom. The number of hydrogen-bond acceptors (Lipinski definition) is 7. The largest absolute Gasteiger partial charge is 0.612 e. The van der Waals surface area contributed by atoms with Crippen LogP contribution >= 0.6 is 23.1 Å². The monoisotopic (exact) mass is 296 g/mol. The number of thioether (sulfide) groups is 1. The maximum Gasteiger partial charge on any atom is 0.222 e. The number of nitrogen functional groups attached to an aromatic ring is 1. The van der Waals surface area contributed by atoms with E-state index in [1.807, 2.05) is 6.26 Å². The minimum atomic E-state index is -0.492. The number of allylic oxidation sites excluding steroid dienone is 5. The van der Waals surface area contributed by atoms with Crippen molar-refractivity contribution in [2.75, 3.05) is 12.0 Å². The first-order valence-electron chi connectivity index (χ1n) is 5.14. The van der Waals surface area contributed by atoms with Crippen molar-refractivity contribution in [3.8, 4) is 0 Å². The molecule has 0 radical (unpaired) electrons. The minimum Gasteiger partial charge on any atom is -0.612 e. The lowest BCUT2D eigenvalue weighted by Crippen LogP contribution is -2.06. The van der Waals surface area contributed by atoms with Gasteiger partial charge in [0, 0.05) is 17.7 Å². The predicted octanol–water partition coefficient (Wildman–Crippen LogP) is 2.29. The van der Waals surface area contributed by atoms with Gasteiger partial charge in [-0.2, -0.15) is 4.90 Å². The zero-order valence-corrected chi connectivity index (χ0v) is 11.5. The number of aromatic nitrogens is 1. The predicted molar refractivity (Wildman–Crippen MR) is 78.1 cm³/mol. The van der Waals surface area contributed by atoms with Crippen LogP contribution in [0.25, 0.3) is 5.76 Å². The zero-order valence-electron chi connectivity index (χ0n) is 9.86. The van der Waals surface area contributed by atoms with Crippen LogP contribution in [0, 0.1) is 10.4 Å². The second-order valence-electron chi connectivity index (χ2n) is 3.55. The number of rotatable bonds is 2. The molecular formula is C11H10N3O3S2-. The molecule has 0 spiro atoms. The molecule has 0 bridgehead atoms. The summed E-state index contributed by atoms with van der Waals surface area (Å²) in [6.45, 7) is 0. The fraction of sp³-hybridized carbons (Fsp3) is 0.0909. The lowest BCUT2D eigenvalue weighted by atomic mass is 10.1. The summed E-state index contributed by atoms with van der Waals surface area (Å²) in [5, 5.41) is 31.2. The third-order valence-corrected chi connectivity index (χ3v) is 4.44. The highest BCUT2D eigenvalue weighted by atomic mass is 32.2. The summed E-state index contributed by atoms with van der Waals surface area (Å²) in [4.78, 5) is 4.07. The van der Waals surface area contributed by atoms with Gasteiger partial charge in [-0.05, 0) is 18.4 Å². The number of thiazole rings is 1. The van der Waals surface area contributed by atoms with E-state index in [1.165, 1.54) is 47.4 Å². The number of nitrogens with two attached hydrogens (primary N) is 1. The maximum atomic E-state index is 10.6. The number of anilines is 1. The highest BCUT2D eigenvalue weighted by Crippen LogP contribution is 2.33. The van der Waals surface area contributed by atoms with Crippen LogP contribution in [0.1, 0.15) is 4.88 Å². The zero-order chi connectivity index (χ0) is 14.0. The van der Waals surface area contributed by atoms with Crippen molar-refractivity contribution in [2.45, 2.75) is 4.34 Å². The summed E-state index contributed by atoms with van der Waals surface area (Å²) < 4.78 is 0.751. The molecule has 0 saturated carbocycles. The van der Waals surface area contributed by atoms with Crippen molar-refractivity contribution in [3.63, 3.8) is 0 Å². The minimum absolute atomic E-state index is 0.0230. The normalized spacial score (nSPS) is 13.9. The highest BCUT2D eigenvalue weighted by molar-refractivity contribution is 8.00. The summed E-state index contributed by atoms with van der Waals surface area (Å²) in [5.41, 5.74) is 6.17. The Kier molecular flexibility index (Phi) is 3.82. The third-order valence-electron chi connectivity index (χ3n) is 2.38. The number of aliphatic hydroxyl groups excluding tert-OH is 1. The fourth-order valence-corrected chi connectivity index (χ4v) is 2.90. The van der Waals surface area contributed by atoms with Crippen LogP contribution in [0.3, 0.4) is 0 Å². The molecule has 1 heterocycles. The Bertz CT molecular complexity index is 607. The molecule has 8 heteroatoms. The van der Waals surface area contributed by atoms with E-state index in [-0.39, 0.29) is 17.3 Å². The van der Waals surface area contributed by atoms with E-state index in [1.54, 1.807) is 0 Å². The van der Waals surface area contributed by atoms with E-state index in [9.17, 15) is 15.5 Å². The van der Waals surface area contributed by atoms with Crippen LogP contribution in [-0.2, 0) is 0 Å². The quantitative estimate of drug-likeness (QED) is 0.375. The second-order valence-corrected chi connectivity index (χ2v) is 5.60. The van der Waals surface area contributed by atoms with Gasteiger partial charge in [-0.1, -0.05) is 11.8 Å². The molecule has 0 aromatic carbocycles.